The summed E-state index contributed by atoms with van der Waals surface area (Å²) < 4.78 is 0. The summed E-state index contributed by atoms with van der Waals surface area (Å²) in [7, 11) is 0. The van der Waals surface area contributed by atoms with Crippen LogP contribution in [0.3, 0.4) is 0 Å². The summed E-state index contributed by atoms with van der Waals surface area (Å²) >= 11 is 6.84. The first kappa shape index (κ1) is 19.8. The maximum absolute atomic E-state index is 12.6. The van der Waals surface area contributed by atoms with Gasteiger partial charge in [0.2, 0.25) is 0 Å². The molecule has 0 atom stereocenters. The molecule has 4 heterocycles. The molecule has 0 radical (unpaired) electrons. The average molecular weight is 434 g/mol. The quantitative estimate of drug-likeness (QED) is 0.476. The standard InChI is InChI=1S/C20H15N7OS2/c21-7-15-17(29)16(13-4-2-6-23-10-13)27-18-20(30-15)25-11-14(26-18)19(28)24-9-12-3-1-5-22-8-12/h1-8,10-11H,9,21H2,(H,24,28)/b15-7+. The second kappa shape index (κ2) is 8.89. The molecule has 3 N–H and O–H groups in total. The van der Waals surface area contributed by atoms with E-state index in [1.807, 2.05) is 12.1 Å². The highest BCUT2D eigenvalue weighted by atomic mass is 32.2. The number of aromatic nitrogens is 4. The lowest BCUT2D eigenvalue weighted by atomic mass is 10.1. The number of hydrogen-bond donors (Lipinski definition) is 2. The zero-order valence-electron chi connectivity index (χ0n) is 15.5. The lowest BCUT2D eigenvalue weighted by Gasteiger charge is -2.06. The van der Waals surface area contributed by atoms with E-state index in [-0.39, 0.29) is 11.6 Å². The van der Waals surface area contributed by atoms with Crippen molar-refractivity contribution >= 4 is 46.3 Å². The molecular weight excluding hydrogens is 418 g/mol. The van der Waals surface area contributed by atoms with Gasteiger partial charge in [-0.1, -0.05) is 30.0 Å². The van der Waals surface area contributed by atoms with Crippen molar-refractivity contribution in [3.63, 3.8) is 0 Å². The van der Waals surface area contributed by atoms with Gasteiger partial charge in [0.15, 0.2) is 5.82 Å². The normalized spacial score (nSPS) is 14.6. The highest BCUT2D eigenvalue weighted by Gasteiger charge is 2.24. The molecular formula is C20H15N7OS2. The number of nitrogens with zero attached hydrogens (tertiary/aromatic N) is 5. The van der Waals surface area contributed by atoms with Crippen LogP contribution >= 0.6 is 24.0 Å². The molecule has 0 aliphatic carbocycles. The van der Waals surface area contributed by atoms with E-state index in [0.717, 1.165) is 11.1 Å². The maximum atomic E-state index is 12.6. The van der Waals surface area contributed by atoms with Crippen molar-refractivity contribution in [3.8, 4) is 0 Å². The largest absolute Gasteiger partial charge is 0.404 e. The minimum Gasteiger partial charge on any atom is -0.404 e. The number of thioether (sulfide) groups is 1. The van der Waals surface area contributed by atoms with Crippen LogP contribution in [-0.2, 0) is 6.54 Å². The van der Waals surface area contributed by atoms with E-state index in [9.17, 15) is 4.79 Å². The summed E-state index contributed by atoms with van der Waals surface area (Å²) in [6.45, 7) is 0.328. The number of amides is 1. The smallest absolute Gasteiger partial charge is 0.271 e. The molecule has 0 fully saturated rings. The number of allylic oxidation sites excluding steroid dienone is 1. The first-order chi connectivity index (χ1) is 14.7. The number of thiocarbonyl (C=S) groups is 1. The van der Waals surface area contributed by atoms with Gasteiger partial charge in [0.25, 0.3) is 5.91 Å². The van der Waals surface area contributed by atoms with Gasteiger partial charge in [0, 0.05) is 48.0 Å². The van der Waals surface area contributed by atoms with E-state index in [1.54, 1.807) is 36.9 Å². The van der Waals surface area contributed by atoms with E-state index in [2.05, 4.69) is 30.2 Å². The van der Waals surface area contributed by atoms with E-state index in [0.29, 0.717) is 32.9 Å². The molecule has 1 aliphatic rings. The number of carbonyl (C=O) groups is 1. The van der Waals surface area contributed by atoms with Crippen LogP contribution < -0.4 is 11.1 Å². The van der Waals surface area contributed by atoms with Crippen LogP contribution in [0.2, 0.25) is 0 Å². The van der Waals surface area contributed by atoms with Crippen molar-refractivity contribution in [3.05, 3.63) is 83.2 Å². The van der Waals surface area contributed by atoms with Crippen LogP contribution in [0.4, 0.5) is 5.82 Å². The molecule has 8 nitrogen and oxygen atoms in total. The zero-order valence-corrected chi connectivity index (χ0v) is 17.2. The Hall–Kier alpha value is -3.50. The summed E-state index contributed by atoms with van der Waals surface area (Å²) in [6.07, 6.45) is 9.51. The predicted molar refractivity (Wildman–Crippen MR) is 119 cm³/mol. The van der Waals surface area contributed by atoms with Crippen molar-refractivity contribution in [2.75, 3.05) is 0 Å². The van der Waals surface area contributed by atoms with Gasteiger partial charge in [0.05, 0.1) is 16.8 Å². The lowest BCUT2D eigenvalue weighted by Crippen LogP contribution is -2.24. The summed E-state index contributed by atoms with van der Waals surface area (Å²) in [5, 5.41) is 3.32. The fourth-order valence-electron chi connectivity index (χ4n) is 2.63. The Morgan fingerprint density at radius 3 is 2.67 bits per heavy atom. The van der Waals surface area contributed by atoms with E-state index in [4.69, 9.17) is 18.0 Å². The molecule has 0 aromatic carbocycles. The van der Waals surface area contributed by atoms with Crippen molar-refractivity contribution in [1.29, 1.82) is 0 Å². The van der Waals surface area contributed by atoms with Crippen LogP contribution in [0.15, 0.2) is 76.4 Å². The topological polar surface area (TPSA) is 119 Å². The summed E-state index contributed by atoms with van der Waals surface area (Å²) in [5.41, 5.74) is 8.03. The summed E-state index contributed by atoms with van der Waals surface area (Å²) in [4.78, 5) is 35.2. The number of nitrogens with one attached hydrogen (secondary N) is 1. The van der Waals surface area contributed by atoms with Crippen LogP contribution in [0.25, 0.3) is 0 Å². The van der Waals surface area contributed by atoms with Gasteiger partial charge >= 0.3 is 0 Å². The fraction of sp³-hybridized carbons (Fsp3) is 0.0500. The van der Waals surface area contributed by atoms with E-state index < -0.39 is 0 Å². The van der Waals surface area contributed by atoms with Gasteiger partial charge in [-0.3, -0.25) is 14.8 Å². The van der Waals surface area contributed by atoms with Crippen molar-refractivity contribution < 1.29 is 4.79 Å². The number of nitrogens with two attached hydrogens (primary N) is 1. The lowest BCUT2D eigenvalue weighted by molar-refractivity contribution is 0.0945. The van der Waals surface area contributed by atoms with Gasteiger partial charge in [-0.2, -0.15) is 0 Å². The van der Waals surface area contributed by atoms with Crippen LogP contribution in [0.5, 0.6) is 0 Å². The Kier molecular flexibility index (Phi) is 5.87. The molecule has 148 valence electrons. The van der Waals surface area contributed by atoms with Gasteiger partial charge < -0.3 is 11.1 Å². The fourth-order valence-corrected chi connectivity index (χ4v) is 3.74. The monoisotopic (exact) mass is 433 g/mol. The molecule has 1 amide bonds. The molecule has 0 bridgehead atoms. The van der Waals surface area contributed by atoms with Gasteiger partial charge in [-0.05, 0) is 23.8 Å². The first-order valence-corrected chi connectivity index (χ1v) is 10.1. The van der Waals surface area contributed by atoms with Crippen molar-refractivity contribution in [2.24, 2.45) is 10.7 Å². The molecule has 0 saturated carbocycles. The number of carbonyl (C=O) groups excluding carboxylic acids is 1. The van der Waals surface area contributed by atoms with Crippen LogP contribution in [0, 0.1) is 0 Å². The Bertz CT molecular complexity index is 1160. The third-order valence-corrected chi connectivity index (χ3v) is 5.66. The zero-order chi connectivity index (χ0) is 20.9. The third-order valence-electron chi connectivity index (χ3n) is 4.08. The number of rotatable bonds is 4. The van der Waals surface area contributed by atoms with Crippen LogP contribution in [-0.4, -0.2) is 36.4 Å². The number of aliphatic imine (C=N–C) groups is 1. The second-order valence-corrected chi connectivity index (χ2v) is 7.53. The maximum Gasteiger partial charge on any atom is 0.271 e. The molecule has 4 rings (SSSR count). The first-order valence-electron chi connectivity index (χ1n) is 8.83. The minimum absolute atomic E-state index is 0.152. The van der Waals surface area contributed by atoms with Crippen molar-refractivity contribution in [1.82, 2.24) is 25.3 Å². The molecule has 3 aromatic rings. The molecule has 0 unspecified atom stereocenters. The molecule has 10 heteroatoms. The Labute approximate surface area is 181 Å². The van der Waals surface area contributed by atoms with Gasteiger partial charge in [-0.25, -0.2) is 15.0 Å². The summed E-state index contributed by atoms with van der Waals surface area (Å²) in [5.74, 6) is -0.0641. The molecule has 0 saturated heterocycles. The average Bonchev–Trinajstić information content (AvgIpc) is 2.94. The Morgan fingerprint density at radius 2 is 1.97 bits per heavy atom. The van der Waals surface area contributed by atoms with Gasteiger partial charge in [0.1, 0.15) is 10.7 Å². The molecule has 30 heavy (non-hydrogen) atoms. The summed E-state index contributed by atoms with van der Waals surface area (Å²) in [6, 6.07) is 7.32. The highest BCUT2D eigenvalue weighted by molar-refractivity contribution is 8.05. The predicted octanol–water partition coefficient (Wildman–Crippen LogP) is 2.59. The Balaban J connectivity index is 1.67. The number of fused-ring (bicyclic) bond motifs is 1. The molecule has 3 aromatic heterocycles. The van der Waals surface area contributed by atoms with Crippen LogP contribution in [0.1, 0.15) is 21.6 Å². The molecule has 1 aliphatic heterocycles. The SMILES string of the molecule is N/C=C1/Sc2ncc(C(=O)NCc3cccnc3)nc2N=C(c2cccnc2)C1=S. The number of pyridine rings is 2. The molecule has 0 spiro atoms. The van der Waals surface area contributed by atoms with Crippen molar-refractivity contribution in [2.45, 2.75) is 11.6 Å². The third kappa shape index (κ3) is 4.24. The minimum atomic E-state index is -0.362. The number of hydrogen-bond acceptors (Lipinski definition) is 9. The van der Waals surface area contributed by atoms with Gasteiger partial charge in [-0.15, -0.1) is 0 Å². The second-order valence-electron chi connectivity index (χ2n) is 6.09. The van der Waals surface area contributed by atoms with E-state index >= 15 is 0 Å². The Morgan fingerprint density at radius 1 is 1.17 bits per heavy atom. The highest BCUT2D eigenvalue weighted by Crippen LogP contribution is 2.36. The van der Waals surface area contributed by atoms with E-state index in [1.165, 1.54) is 24.2 Å².